The number of carbonyl (C=O) groups is 1. The van der Waals surface area contributed by atoms with Crippen LogP contribution in [0.25, 0.3) is 6.08 Å². The van der Waals surface area contributed by atoms with Crippen LogP contribution >= 0.6 is 0 Å². The lowest BCUT2D eigenvalue weighted by molar-refractivity contribution is -0.134. The van der Waals surface area contributed by atoms with Crippen LogP contribution in [0.5, 0.6) is 5.75 Å². The van der Waals surface area contributed by atoms with Crippen LogP contribution < -0.4 is 4.74 Å². The van der Waals surface area contributed by atoms with Crippen molar-refractivity contribution in [3.63, 3.8) is 0 Å². The largest absolute Gasteiger partial charge is 0.475 e. The lowest BCUT2D eigenvalue weighted by Gasteiger charge is -2.05. The highest BCUT2D eigenvalue weighted by Crippen LogP contribution is 2.15. The van der Waals surface area contributed by atoms with Crippen molar-refractivity contribution >= 4 is 12.0 Å². The molecule has 2 rings (SSSR count). The molecular formula is C15H12O3. The molecule has 0 radical (unpaired) electrons. The Balaban J connectivity index is 2.25. The maximum absolute atomic E-state index is 11.1. The summed E-state index contributed by atoms with van der Waals surface area (Å²) in [4.78, 5) is 11.1. The number of hydrogen-bond donors (Lipinski definition) is 1. The highest BCUT2D eigenvalue weighted by atomic mass is 16.5. The molecule has 3 nitrogen and oxygen atoms in total. The van der Waals surface area contributed by atoms with Crippen molar-refractivity contribution in [3.8, 4) is 5.75 Å². The molecule has 0 bridgehead atoms. The van der Waals surface area contributed by atoms with Crippen molar-refractivity contribution < 1.29 is 14.6 Å². The van der Waals surface area contributed by atoms with Gasteiger partial charge in [-0.05, 0) is 23.8 Å². The summed E-state index contributed by atoms with van der Waals surface area (Å²) in [7, 11) is 0. The summed E-state index contributed by atoms with van der Waals surface area (Å²) < 4.78 is 5.34. The van der Waals surface area contributed by atoms with E-state index in [-0.39, 0.29) is 5.76 Å². The molecule has 0 amide bonds. The van der Waals surface area contributed by atoms with Gasteiger partial charge >= 0.3 is 5.97 Å². The third-order valence-corrected chi connectivity index (χ3v) is 2.28. The van der Waals surface area contributed by atoms with Crippen LogP contribution in [0.4, 0.5) is 0 Å². The number of benzene rings is 2. The molecule has 0 aliphatic heterocycles. The smallest absolute Gasteiger partial charge is 0.371 e. The number of ether oxygens (including phenoxy) is 1. The molecule has 0 aliphatic carbocycles. The van der Waals surface area contributed by atoms with E-state index in [4.69, 9.17) is 9.84 Å². The van der Waals surface area contributed by atoms with E-state index in [0.29, 0.717) is 5.75 Å². The van der Waals surface area contributed by atoms with Gasteiger partial charge in [-0.1, -0.05) is 48.5 Å². The fraction of sp³-hybridized carbons (Fsp3) is 0. The second-order valence-electron chi connectivity index (χ2n) is 3.64. The van der Waals surface area contributed by atoms with E-state index in [1.54, 1.807) is 24.3 Å². The Morgan fingerprint density at radius 3 is 2.06 bits per heavy atom. The summed E-state index contributed by atoms with van der Waals surface area (Å²) in [6, 6.07) is 18.0. The molecule has 0 fully saturated rings. The number of hydrogen-bond acceptors (Lipinski definition) is 2. The minimum Gasteiger partial charge on any atom is -0.475 e. The molecule has 0 unspecified atom stereocenters. The monoisotopic (exact) mass is 240 g/mol. The minimum atomic E-state index is -1.09. The molecule has 0 heterocycles. The first-order valence-corrected chi connectivity index (χ1v) is 5.48. The van der Waals surface area contributed by atoms with Crippen LogP contribution in [0.2, 0.25) is 0 Å². The van der Waals surface area contributed by atoms with E-state index in [9.17, 15) is 4.79 Å². The molecule has 0 atom stereocenters. The van der Waals surface area contributed by atoms with Crippen LogP contribution in [0.15, 0.2) is 66.4 Å². The van der Waals surface area contributed by atoms with Crippen LogP contribution in [0.1, 0.15) is 5.56 Å². The van der Waals surface area contributed by atoms with Crippen LogP contribution in [0.3, 0.4) is 0 Å². The Bertz CT molecular complexity index is 544. The predicted octanol–water partition coefficient (Wildman–Crippen LogP) is 3.19. The molecule has 2 aromatic rings. The Labute approximate surface area is 105 Å². The molecule has 2 aromatic carbocycles. The molecule has 0 saturated carbocycles. The van der Waals surface area contributed by atoms with Crippen molar-refractivity contribution in [1.29, 1.82) is 0 Å². The lowest BCUT2D eigenvalue weighted by Crippen LogP contribution is -2.07. The predicted molar refractivity (Wildman–Crippen MR) is 69.1 cm³/mol. The minimum absolute atomic E-state index is 0.104. The number of carboxylic acid groups (broad SMARTS) is 1. The normalized spacial score (nSPS) is 11.0. The first-order chi connectivity index (χ1) is 8.75. The molecule has 0 spiro atoms. The summed E-state index contributed by atoms with van der Waals surface area (Å²) in [6.45, 7) is 0. The maximum atomic E-state index is 11.1. The Morgan fingerprint density at radius 1 is 0.944 bits per heavy atom. The van der Waals surface area contributed by atoms with Gasteiger partial charge in [0.25, 0.3) is 0 Å². The highest BCUT2D eigenvalue weighted by molar-refractivity contribution is 5.90. The third-order valence-electron chi connectivity index (χ3n) is 2.28. The Morgan fingerprint density at radius 2 is 1.50 bits per heavy atom. The van der Waals surface area contributed by atoms with Gasteiger partial charge in [0.05, 0.1) is 0 Å². The number of rotatable bonds is 4. The molecule has 1 N–H and O–H groups in total. The molecule has 0 saturated heterocycles. The average molecular weight is 240 g/mol. The van der Waals surface area contributed by atoms with Crippen LogP contribution in [0, 0.1) is 0 Å². The van der Waals surface area contributed by atoms with Gasteiger partial charge in [-0.3, -0.25) is 0 Å². The molecular weight excluding hydrogens is 228 g/mol. The first-order valence-electron chi connectivity index (χ1n) is 5.48. The molecule has 90 valence electrons. The van der Waals surface area contributed by atoms with Crippen molar-refractivity contribution in [1.82, 2.24) is 0 Å². The van der Waals surface area contributed by atoms with Gasteiger partial charge in [0.2, 0.25) is 5.76 Å². The van der Waals surface area contributed by atoms with Crippen LogP contribution in [-0.4, -0.2) is 11.1 Å². The summed E-state index contributed by atoms with van der Waals surface area (Å²) in [5.74, 6) is -0.697. The van der Waals surface area contributed by atoms with Crippen molar-refractivity contribution in [3.05, 3.63) is 72.0 Å². The quantitative estimate of drug-likeness (QED) is 0.659. The second-order valence-corrected chi connectivity index (χ2v) is 3.64. The number of para-hydroxylation sites is 1. The summed E-state index contributed by atoms with van der Waals surface area (Å²) >= 11 is 0. The summed E-state index contributed by atoms with van der Waals surface area (Å²) in [6.07, 6.45) is 1.50. The number of carboxylic acids is 1. The van der Waals surface area contributed by atoms with Gasteiger partial charge in [0.1, 0.15) is 5.75 Å². The SMILES string of the molecule is O=C(O)/C(=C/c1ccccc1)Oc1ccccc1. The Hall–Kier alpha value is -2.55. The summed E-state index contributed by atoms with van der Waals surface area (Å²) in [5, 5.41) is 9.10. The summed E-state index contributed by atoms with van der Waals surface area (Å²) in [5.41, 5.74) is 0.783. The fourth-order valence-electron chi connectivity index (χ4n) is 1.45. The average Bonchev–Trinajstić information content (AvgIpc) is 2.40. The van der Waals surface area contributed by atoms with Gasteiger partial charge in [-0.2, -0.15) is 0 Å². The Kier molecular flexibility index (Phi) is 3.76. The van der Waals surface area contributed by atoms with E-state index >= 15 is 0 Å². The zero-order valence-electron chi connectivity index (χ0n) is 9.61. The molecule has 0 aromatic heterocycles. The fourth-order valence-corrected chi connectivity index (χ4v) is 1.45. The van der Waals surface area contributed by atoms with Crippen LogP contribution in [-0.2, 0) is 4.79 Å². The van der Waals surface area contributed by atoms with Gasteiger partial charge < -0.3 is 9.84 Å². The van der Waals surface area contributed by atoms with E-state index in [2.05, 4.69) is 0 Å². The molecule has 3 heteroatoms. The van der Waals surface area contributed by atoms with E-state index in [0.717, 1.165) is 5.56 Å². The molecule has 18 heavy (non-hydrogen) atoms. The maximum Gasteiger partial charge on any atom is 0.371 e. The standard InChI is InChI=1S/C15H12O3/c16-15(17)14(11-12-7-3-1-4-8-12)18-13-9-5-2-6-10-13/h1-11H,(H,16,17)/b14-11-. The number of aliphatic carboxylic acids is 1. The topological polar surface area (TPSA) is 46.5 Å². The highest BCUT2D eigenvalue weighted by Gasteiger charge is 2.09. The van der Waals surface area contributed by atoms with E-state index in [1.165, 1.54) is 6.08 Å². The van der Waals surface area contributed by atoms with Crippen molar-refractivity contribution in [2.75, 3.05) is 0 Å². The van der Waals surface area contributed by atoms with E-state index in [1.807, 2.05) is 36.4 Å². The van der Waals surface area contributed by atoms with Gasteiger partial charge in [-0.15, -0.1) is 0 Å². The van der Waals surface area contributed by atoms with Gasteiger partial charge in [0, 0.05) is 0 Å². The van der Waals surface area contributed by atoms with Crippen molar-refractivity contribution in [2.24, 2.45) is 0 Å². The van der Waals surface area contributed by atoms with Crippen molar-refractivity contribution in [2.45, 2.75) is 0 Å². The van der Waals surface area contributed by atoms with E-state index < -0.39 is 5.97 Å². The first kappa shape index (κ1) is 11.9. The zero-order chi connectivity index (χ0) is 12.8. The van der Waals surface area contributed by atoms with Gasteiger partial charge in [0.15, 0.2) is 0 Å². The third kappa shape index (κ3) is 3.22. The van der Waals surface area contributed by atoms with Gasteiger partial charge in [-0.25, -0.2) is 4.79 Å². The zero-order valence-corrected chi connectivity index (χ0v) is 9.61. The second kappa shape index (κ2) is 5.68. The lowest BCUT2D eigenvalue weighted by atomic mass is 10.2. The molecule has 0 aliphatic rings.